The van der Waals surface area contributed by atoms with E-state index in [2.05, 4.69) is 61.6 Å². The van der Waals surface area contributed by atoms with E-state index in [9.17, 15) is 0 Å². The third-order valence-electron chi connectivity index (χ3n) is 3.99. The van der Waals surface area contributed by atoms with Crippen molar-refractivity contribution < 1.29 is 4.74 Å². The highest BCUT2D eigenvalue weighted by molar-refractivity contribution is 5.36. The molecule has 3 rings (SSSR count). The highest BCUT2D eigenvalue weighted by atomic mass is 16.5. The van der Waals surface area contributed by atoms with Crippen LogP contribution in [-0.4, -0.2) is 6.04 Å². The van der Waals surface area contributed by atoms with E-state index in [0.29, 0.717) is 6.61 Å². The number of rotatable bonds is 6. The number of nitrogens with one attached hydrogen (secondary N) is 1. The van der Waals surface area contributed by atoms with Crippen LogP contribution in [0.4, 0.5) is 0 Å². The molecule has 2 aromatic carbocycles. The van der Waals surface area contributed by atoms with Gasteiger partial charge in [0.15, 0.2) is 0 Å². The molecular formula is C19H23NO. The molecule has 0 heterocycles. The van der Waals surface area contributed by atoms with Crippen molar-refractivity contribution in [1.29, 1.82) is 0 Å². The third kappa shape index (κ3) is 3.85. The van der Waals surface area contributed by atoms with Gasteiger partial charge in [0, 0.05) is 12.6 Å². The Balaban J connectivity index is 1.66. The first-order chi connectivity index (χ1) is 10.2. The standard InChI is InChI=1S/C19H23NO/c1-14-7-10-19(15(2)11-14)21-13-17-6-4-3-5-16(17)12-20-18-8-9-18/h3-7,10-11,18,20H,8-9,12-13H2,1-2H3. The molecule has 21 heavy (non-hydrogen) atoms. The molecular weight excluding hydrogens is 258 g/mol. The normalized spacial score (nSPS) is 14.2. The first-order valence-electron chi connectivity index (χ1n) is 7.72. The maximum absolute atomic E-state index is 6.01. The molecule has 0 aromatic heterocycles. The minimum absolute atomic E-state index is 0.631. The molecule has 0 radical (unpaired) electrons. The van der Waals surface area contributed by atoms with Crippen molar-refractivity contribution in [2.24, 2.45) is 0 Å². The Labute approximate surface area is 127 Å². The van der Waals surface area contributed by atoms with Gasteiger partial charge in [0.25, 0.3) is 0 Å². The first kappa shape index (κ1) is 14.2. The van der Waals surface area contributed by atoms with Crippen LogP contribution in [0.5, 0.6) is 5.75 Å². The smallest absolute Gasteiger partial charge is 0.122 e. The molecule has 0 aliphatic heterocycles. The van der Waals surface area contributed by atoms with E-state index in [1.54, 1.807) is 0 Å². The van der Waals surface area contributed by atoms with Gasteiger partial charge in [-0.2, -0.15) is 0 Å². The molecule has 0 saturated heterocycles. The van der Waals surface area contributed by atoms with Crippen LogP contribution in [0.25, 0.3) is 0 Å². The van der Waals surface area contributed by atoms with E-state index >= 15 is 0 Å². The van der Waals surface area contributed by atoms with Gasteiger partial charge in [0.1, 0.15) is 12.4 Å². The lowest BCUT2D eigenvalue weighted by atomic mass is 10.1. The minimum Gasteiger partial charge on any atom is -0.489 e. The van der Waals surface area contributed by atoms with Crippen LogP contribution in [0.15, 0.2) is 42.5 Å². The topological polar surface area (TPSA) is 21.3 Å². The molecule has 2 nitrogen and oxygen atoms in total. The molecule has 0 atom stereocenters. The Morgan fingerprint density at radius 3 is 2.52 bits per heavy atom. The lowest BCUT2D eigenvalue weighted by Gasteiger charge is -2.13. The van der Waals surface area contributed by atoms with Gasteiger partial charge in [-0.1, -0.05) is 42.0 Å². The molecule has 110 valence electrons. The highest BCUT2D eigenvalue weighted by Crippen LogP contribution is 2.22. The third-order valence-corrected chi connectivity index (χ3v) is 3.99. The average Bonchev–Trinajstić information content (AvgIpc) is 3.29. The van der Waals surface area contributed by atoms with Crippen molar-refractivity contribution in [3.63, 3.8) is 0 Å². The quantitative estimate of drug-likeness (QED) is 0.859. The second-order valence-corrected chi connectivity index (χ2v) is 5.98. The van der Waals surface area contributed by atoms with Gasteiger partial charge < -0.3 is 10.1 Å². The van der Waals surface area contributed by atoms with Gasteiger partial charge in [0.05, 0.1) is 0 Å². The van der Waals surface area contributed by atoms with Crippen molar-refractivity contribution in [2.75, 3.05) is 0 Å². The zero-order valence-corrected chi connectivity index (χ0v) is 12.9. The summed E-state index contributed by atoms with van der Waals surface area (Å²) in [6.45, 7) is 5.78. The summed E-state index contributed by atoms with van der Waals surface area (Å²) in [6, 6.07) is 15.6. The van der Waals surface area contributed by atoms with Gasteiger partial charge in [-0.15, -0.1) is 0 Å². The summed E-state index contributed by atoms with van der Waals surface area (Å²) < 4.78 is 6.01. The Morgan fingerprint density at radius 1 is 1.05 bits per heavy atom. The van der Waals surface area contributed by atoms with Crippen LogP contribution >= 0.6 is 0 Å². The summed E-state index contributed by atoms with van der Waals surface area (Å²) in [5.74, 6) is 0.977. The highest BCUT2D eigenvalue weighted by Gasteiger charge is 2.20. The maximum Gasteiger partial charge on any atom is 0.122 e. The maximum atomic E-state index is 6.01. The van der Waals surface area contributed by atoms with Gasteiger partial charge >= 0.3 is 0 Å². The van der Waals surface area contributed by atoms with E-state index in [4.69, 9.17) is 4.74 Å². The van der Waals surface area contributed by atoms with E-state index in [1.807, 2.05) is 0 Å². The summed E-state index contributed by atoms with van der Waals surface area (Å²) in [7, 11) is 0. The number of benzene rings is 2. The number of hydrogen-bond acceptors (Lipinski definition) is 2. The van der Waals surface area contributed by atoms with Gasteiger partial charge in [0.2, 0.25) is 0 Å². The first-order valence-corrected chi connectivity index (χ1v) is 7.72. The summed E-state index contributed by atoms with van der Waals surface area (Å²) in [4.78, 5) is 0. The molecule has 2 aromatic rings. The number of aryl methyl sites for hydroxylation is 2. The second-order valence-electron chi connectivity index (χ2n) is 5.98. The van der Waals surface area contributed by atoms with Crippen LogP contribution in [0.3, 0.4) is 0 Å². The summed E-state index contributed by atoms with van der Waals surface area (Å²) in [5, 5.41) is 3.57. The van der Waals surface area contributed by atoms with Crippen molar-refractivity contribution in [3.05, 3.63) is 64.7 Å². The van der Waals surface area contributed by atoms with E-state index < -0.39 is 0 Å². The fourth-order valence-corrected chi connectivity index (χ4v) is 2.53. The molecule has 0 amide bonds. The number of hydrogen-bond donors (Lipinski definition) is 1. The second kappa shape index (κ2) is 6.31. The minimum atomic E-state index is 0.631. The molecule has 1 saturated carbocycles. The fraction of sp³-hybridized carbons (Fsp3) is 0.368. The van der Waals surface area contributed by atoms with Crippen molar-refractivity contribution >= 4 is 0 Å². The van der Waals surface area contributed by atoms with Gasteiger partial charge in [-0.05, 0) is 49.4 Å². The van der Waals surface area contributed by atoms with E-state index in [0.717, 1.165) is 18.3 Å². The lowest BCUT2D eigenvalue weighted by Crippen LogP contribution is -2.16. The molecule has 1 aliphatic rings. The van der Waals surface area contributed by atoms with Crippen molar-refractivity contribution in [1.82, 2.24) is 5.32 Å². The Bertz CT molecular complexity index is 617. The van der Waals surface area contributed by atoms with E-state index in [1.165, 1.54) is 35.1 Å². The van der Waals surface area contributed by atoms with E-state index in [-0.39, 0.29) is 0 Å². The van der Waals surface area contributed by atoms with Gasteiger partial charge in [-0.3, -0.25) is 0 Å². The zero-order valence-electron chi connectivity index (χ0n) is 12.9. The molecule has 1 N–H and O–H groups in total. The predicted molar refractivity (Wildman–Crippen MR) is 86.6 cm³/mol. The molecule has 1 aliphatic carbocycles. The largest absolute Gasteiger partial charge is 0.489 e. The zero-order chi connectivity index (χ0) is 14.7. The summed E-state index contributed by atoms with van der Waals surface area (Å²) >= 11 is 0. The molecule has 0 spiro atoms. The van der Waals surface area contributed by atoms with Crippen LogP contribution in [0.2, 0.25) is 0 Å². The van der Waals surface area contributed by atoms with Crippen LogP contribution < -0.4 is 10.1 Å². The number of ether oxygens (including phenoxy) is 1. The average molecular weight is 281 g/mol. The Kier molecular flexibility index (Phi) is 4.26. The van der Waals surface area contributed by atoms with Crippen molar-refractivity contribution in [3.8, 4) is 5.75 Å². The SMILES string of the molecule is Cc1ccc(OCc2ccccc2CNC2CC2)c(C)c1. The Morgan fingerprint density at radius 2 is 1.81 bits per heavy atom. The van der Waals surface area contributed by atoms with Crippen LogP contribution in [0.1, 0.15) is 35.1 Å². The molecule has 0 unspecified atom stereocenters. The molecule has 1 fully saturated rings. The molecule has 0 bridgehead atoms. The monoisotopic (exact) mass is 281 g/mol. The van der Waals surface area contributed by atoms with Gasteiger partial charge in [-0.25, -0.2) is 0 Å². The summed E-state index contributed by atoms with van der Waals surface area (Å²) in [5.41, 5.74) is 5.08. The van der Waals surface area contributed by atoms with Crippen molar-refractivity contribution in [2.45, 2.75) is 45.9 Å². The summed E-state index contributed by atoms with van der Waals surface area (Å²) in [6.07, 6.45) is 2.64. The molecule has 2 heteroatoms. The predicted octanol–water partition coefficient (Wildman–Crippen LogP) is 4.13. The fourth-order valence-electron chi connectivity index (χ4n) is 2.53. The van der Waals surface area contributed by atoms with Crippen LogP contribution in [-0.2, 0) is 13.2 Å². The Hall–Kier alpha value is -1.80. The lowest BCUT2D eigenvalue weighted by molar-refractivity contribution is 0.302. The van der Waals surface area contributed by atoms with Crippen LogP contribution in [0, 0.1) is 13.8 Å².